The summed E-state index contributed by atoms with van der Waals surface area (Å²) in [5, 5.41) is 5.82. The first-order chi connectivity index (χ1) is 9.81. The number of rotatable bonds is 7. The Balaban J connectivity index is 2.50. The van der Waals surface area contributed by atoms with E-state index in [1.165, 1.54) is 0 Å². The molecule has 0 fully saturated rings. The van der Waals surface area contributed by atoms with E-state index in [-0.39, 0.29) is 18.4 Å². The minimum absolute atomic E-state index is 0.0863. The molecule has 0 bridgehead atoms. The van der Waals surface area contributed by atoms with Crippen molar-refractivity contribution in [3.63, 3.8) is 0 Å². The van der Waals surface area contributed by atoms with Crippen molar-refractivity contribution in [2.45, 2.75) is 45.3 Å². The molecule has 0 aromatic heterocycles. The summed E-state index contributed by atoms with van der Waals surface area (Å²) in [6.07, 6.45) is -4.35. The highest BCUT2D eigenvalue weighted by Crippen LogP contribution is 2.23. The SMILES string of the molecule is CCNC(=O)c1cccc(NC(C)CCCC(F)(F)F)c1. The molecule has 2 N–H and O–H groups in total. The molecule has 0 heterocycles. The van der Waals surface area contributed by atoms with E-state index < -0.39 is 12.6 Å². The first-order valence-corrected chi connectivity index (χ1v) is 7.03. The Bertz CT molecular complexity index is 460. The van der Waals surface area contributed by atoms with Gasteiger partial charge < -0.3 is 10.6 Å². The van der Waals surface area contributed by atoms with Crippen LogP contribution in [0.15, 0.2) is 24.3 Å². The summed E-state index contributed by atoms with van der Waals surface area (Å²) in [6.45, 7) is 4.21. The average molecular weight is 302 g/mol. The first kappa shape index (κ1) is 17.3. The van der Waals surface area contributed by atoms with Crippen LogP contribution < -0.4 is 10.6 Å². The van der Waals surface area contributed by atoms with Gasteiger partial charge in [0.15, 0.2) is 0 Å². The smallest absolute Gasteiger partial charge is 0.383 e. The maximum absolute atomic E-state index is 12.1. The number of benzene rings is 1. The summed E-state index contributed by atoms with van der Waals surface area (Å²) in [6, 6.07) is 6.85. The molecular weight excluding hydrogens is 281 g/mol. The normalized spacial score (nSPS) is 12.8. The molecule has 3 nitrogen and oxygen atoms in total. The topological polar surface area (TPSA) is 41.1 Å². The van der Waals surface area contributed by atoms with Crippen LogP contribution in [0, 0.1) is 0 Å². The highest BCUT2D eigenvalue weighted by atomic mass is 19.4. The Hall–Kier alpha value is -1.72. The monoisotopic (exact) mass is 302 g/mol. The summed E-state index contributed by atoms with van der Waals surface area (Å²) in [4.78, 5) is 11.7. The Labute approximate surface area is 122 Å². The minimum Gasteiger partial charge on any atom is -0.383 e. The lowest BCUT2D eigenvalue weighted by Gasteiger charge is -2.16. The summed E-state index contributed by atoms with van der Waals surface area (Å²) in [5.74, 6) is -0.161. The summed E-state index contributed by atoms with van der Waals surface area (Å²) >= 11 is 0. The van der Waals surface area contributed by atoms with E-state index in [4.69, 9.17) is 0 Å². The third kappa shape index (κ3) is 7.02. The predicted molar refractivity (Wildman–Crippen MR) is 77.4 cm³/mol. The van der Waals surface area contributed by atoms with Crippen molar-refractivity contribution in [3.8, 4) is 0 Å². The predicted octanol–water partition coefficient (Wildman–Crippen LogP) is 3.97. The number of carbonyl (C=O) groups is 1. The number of hydrogen-bond donors (Lipinski definition) is 2. The lowest BCUT2D eigenvalue weighted by molar-refractivity contribution is -0.135. The van der Waals surface area contributed by atoms with Gasteiger partial charge in [0, 0.05) is 30.3 Å². The molecule has 6 heteroatoms. The van der Waals surface area contributed by atoms with Crippen LogP contribution in [0.4, 0.5) is 18.9 Å². The molecule has 1 unspecified atom stereocenters. The van der Waals surface area contributed by atoms with Crippen molar-refractivity contribution in [1.29, 1.82) is 0 Å². The van der Waals surface area contributed by atoms with Crippen LogP contribution in [0.2, 0.25) is 0 Å². The maximum Gasteiger partial charge on any atom is 0.389 e. The molecular formula is C15H21F3N2O. The zero-order chi connectivity index (χ0) is 15.9. The van der Waals surface area contributed by atoms with Gasteiger partial charge in [0.2, 0.25) is 0 Å². The number of anilines is 1. The molecule has 0 aliphatic carbocycles. The van der Waals surface area contributed by atoms with Crippen LogP contribution in [0.25, 0.3) is 0 Å². The van der Waals surface area contributed by atoms with Gasteiger partial charge in [-0.15, -0.1) is 0 Å². The molecule has 1 rings (SSSR count). The zero-order valence-corrected chi connectivity index (χ0v) is 12.3. The number of halogens is 3. The van der Waals surface area contributed by atoms with E-state index in [0.717, 1.165) is 5.69 Å². The van der Waals surface area contributed by atoms with Crippen molar-refractivity contribution >= 4 is 11.6 Å². The third-order valence-corrected chi connectivity index (χ3v) is 2.97. The quantitative estimate of drug-likeness (QED) is 0.800. The van der Waals surface area contributed by atoms with Crippen molar-refractivity contribution < 1.29 is 18.0 Å². The molecule has 1 aromatic rings. The molecule has 0 aliphatic rings. The van der Waals surface area contributed by atoms with Gasteiger partial charge in [0.05, 0.1) is 0 Å². The van der Waals surface area contributed by atoms with E-state index >= 15 is 0 Å². The summed E-state index contributed by atoms with van der Waals surface area (Å²) in [5.41, 5.74) is 1.27. The molecule has 1 amide bonds. The number of amides is 1. The fourth-order valence-electron chi connectivity index (χ4n) is 1.98. The average Bonchev–Trinajstić information content (AvgIpc) is 2.37. The molecule has 1 aromatic carbocycles. The van der Waals surface area contributed by atoms with Gasteiger partial charge in [-0.05, 0) is 44.9 Å². The Morgan fingerprint density at radius 3 is 2.67 bits per heavy atom. The lowest BCUT2D eigenvalue weighted by atomic mass is 10.1. The van der Waals surface area contributed by atoms with E-state index in [1.807, 2.05) is 13.8 Å². The van der Waals surface area contributed by atoms with Gasteiger partial charge in [-0.25, -0.2) is 0 Å². The van der Waals surface area contributed by atoms with E-state index in [1.54, 1.807) is 24.3 Å². The number of alkyl halides is 3. The van der Waals surface area contributed by atoms with Crippen molar-refractivity contribution in [1.82, 2.24) is 5.32 Å². The van der Waals surface area contributed by atoms with E-state index in [2.05, 4.69) is 10.6 Å². The number of nitrogens with one attached hydrogen (secondary N) is 2. The molecule has 0 spiro atoms. The largest absolute Gasteiger partial charge is 0.389 e. The maximum atomic E-state index is 12.1. The van der Waals surface area contributed by atoms with Crippen LogP contribution in [0.3, 0.4) is 0 Å². The van der Waals surface area contributed by atoms with Crippen molar-refractivity contribution in [3.05, 3.63) is 29.8 Å². The molecule has 118 valence electrons. The van der Waals surface area contributed by atoms with Crippen LogP contribution in [0.5, 0.6) is 0 Å². The second kappa shape index (κ2) is 7.90. The molecule has 0 radical (unpaired) electrons. The zero-order valence-electron chi connectivity index (χ0n) is 12.3. The van der Waals surface area contributed by atoms with Gasteiger partial charge in [0.25, 0.3) is 5.91 Å². The lowest BCUT2D eigenvalue weighted by Crippen LogP contribution is -2.23. The van der Waals surface area contributed by atoms with Crippen LogP contribution in [-0.2, 0) is 0 Å². The van der Waals surface area contributed by atoms with Crippen LogP contribution in [-0.4, -0.2) is 24.7 Å². The van der Waals surface area contributed by atoms with Gasteiger partial charge in [-0.2, -0.15) is 13.2 Å². The summed E-state index contributed by atoms with van der Waals surface area (Å²) in [7, 11) is 0. The highest BCUT2D eigenvalue weighted by Gasteiger charge is 2.26. The molecule has 0 aliphatic heterocycles. The van der Waals surface area contributed by atoms with Gasteiger partial charge in [0.1, 0.15) is 0 Å². The standard InChI is InChI=1S/C15H21F3N2O/c1-3-19-14(21)12-7-4-8-13(10-12)20-11(2)6-5-9-15(16,17)18/h4,7-8,10-11,20H,3,5-6,9H2,1-2H3,(H,19,21). The molecule has 0 saturated carbocycles. The van der Waals surface area contributed by atoms with Crippen LogP contribution >= 0.6 is 0 Å². The van der Waals surface area contributed by atoms with Crippen molar-refractivity contribution in [2.24, 2.45) is 0 Å². The number of carbonyl (C=O) groups excluding carboxylic acids is 1. The highest BCUT2D eigenvalue weighted by molar-refractivity contribution is 5.95. The van der Waals surface area contributed by atoms with Gasteiger partial charge in [-0.1, -0.05) is 6.07 Å². The Kier molecular flexibility index (Phi) is 6.52. The fourth-order valence-corrected chi connectivity index (χ4v) is 1.98. The molecule has 1 atom stereocenters. The first-order valence-electron chi connectivity index (χ1n) is 7.03. The third-order valence-electron chi connectivity index (χ3n) is 2.97. The van der Waals surface area contributed by atoms with E-state index in [9.17, 15) is 18.0 Å². The van der Waals surface area contributed by atoms with Crippen molar-refractivity contribution in [2.75, 3.05) is 11.9 Å². The Morgan fingerprint density at radius 2 is 2.05 bits per heavy atom. The second-order valence-corrected chi connectivity index (χ2v) is 4.99. The van der Waals surface area contributed by atoms with Gasteiger partial charge in [-0.3, -0.25) is 4.79 Å². The molecule has 21 heavy (non-hydrogen) atoms. The minimum atomic E-state index is -4.10. The van der Waals surface area contributed by atoms with Gasteiger partial charge >= 0.3 is 6.18 Å². The van der Waals surface area contributed by atoms with E-state index in [0.29, 0.717) is 18.5 Å². The second-order valence-electron chi connectivity index (χ2n) is 4.99. The molecule has 0 saturated heterocycles. The Morgan fingerprint density at radius 1 is 1.33 bits per heavy atom. The number of hydrogen-bond acceptors (Lipinski definition) is 2. The summed E-state index contributed by atoms with van der Waals surface area (Å²) < 4.78 is 36.2. The van der Waals surface area contributed by atoms with Crippen LogP contribution in [0.1, 0.15) is 43.5 Å². The fraction of sp³-hybridized carbons (Fsp3) is 0.533.